The zero-order valence-corrected chi connectivity index (χ0v) is 4.05. The molecule has 40 valence electrons. The van der Waals surface area contributed by atoms with Crippen LogP contribution in [0.3, 0.4) is 0 Å². The molecular formula is C5H8O2. The van der Waals surface area contributed by atoms with Crippen molar-refractivity contribution in [2.75, 3.05) is 13.2 Å². The zero-order chi connectivity index (χ0) is 5.11. The van der Waals surface area contributed by atoms with E-state index in [-0.39, 0.29) is 0 Å². The van der Waals surface area contributed by atoms with Crippen LogP contribution in [0.5, 0.6) is 0 Å². The van der Waals surface area contributed by atoms with Gasteiger partial charge in [0.05, 0.1) is 19.0 Å². The molecule has 0 spiro atoms. The van der Waals surface area contributed by atoms with Crippen LogP contribution in [0.15, 0.2) is 11.8 Å². The molecule has 1 N–H and O–H groups in total. The standard InChI is InChI=1S/C5H8O2/c6-5-1-3-7-4-2-5/h1,6H,2-4H2. The second-order valence-electron chi connectivity index (χ2n) is 1.52. The molecule has 0 aromatic carbocycles. The molecule has 0 amide bonds. The van der Waals surface area contributed by atoms with Gasteiger partial charge in [-0.1, -0.05) is 0 Å². The Morgan fingerprint density at radius 3 is 2.86 bits per heavy atom. The Balaban J connectivity index is 2.40. The summed E-state index contributed by atoms with van der Waals surface area (Å²) in [6, 6.07) is 0. The molecular weight excluding hydrogens is 92.1 g/mol. The monoisotopic (exact) mass is 100 g/mol. The van der Waals surface area contributed by atoms with E-state index in [1.165, 1.54) is 0 Å². The number of hydrogen-bond donors (Lipinski definition) is 1. The first kappa shape index (κ1) is 4.65. The first-order valence-electron chi connectivity index (χ1n) is 2.35. The van der Waals surface area contributed by atoms with E-state index < -0.39 is 0 Å². The molecule has 0 aromatic heterocycles. The Hall–Kier alpha value is -0.500. The molecule has 1 aliphatic heterocycles. The molecule has 0 unspecified atom stereocenters. The summed E-state index contributed by atoms with van der Waals surface area (Å²) >= 11 is 0. The van der Waals surface area contributed by atoms with Gasteiger partial charge in [-0.25, -0.2) is 0 Å². The van der Waals surface area contributed by atoms with Crippen LogP contribution in [-0.2, 0) is 4.74 Å². The summed E-state index contributed by atoms with van der Waals surface area (Å²) in [5, 5.41) is 8.69. The Labute approximate surface area is 42.4 Å². The zero-order valence-electron chi connectivity index (χ0n) is 4.05. The first-order valence-corrected chi connectivity index (χ1v) is 2.35. The van der Waals surface area contributed by atoms with Crippen molar-refractivity contribution in [3.8, 4) is 0 Å². The third-order valence-corrected chi connectivity index (χ3v) is 0.939. The lowest BCUT2D eigenvalue weighted by molar-refractivity contribution is 0.136. The van der Waals surface area contributed by atoms with E-state index >= 15 is 0 Å². The molecule has 2 heteroatoms. The molecule has 2 nitrogen and oxygen atoms in total. The maximum Gasteiger partial charge on any atom is 0.0928 e. The van der Waals surface area contributed by atoms with Gasteiger partial charge in [0.1, 0.15) is 0 Å². The summed E-state index contributed by atoms with van der Waals surface area (Å²) in [5.74, 6) is 0.464. The summed E-state index contributed by atoms with van der Waals surface area (Å²) in [4.78, 5) is 0. The molecule has 0 fully saturated rings. The fourth-order valence-corrected chi connectivity index (χ4v) is 0.517. The van der Waals surface area contributed by atoms with E-state index in [1.54, 1.807) is 6.08 Å². The lowest BCUT2D eigenvalue weighted by Gasteiger charge is -2.06. The molecule has 0 saturated heterocycles. The van der Waals surface area contributed by atoms with E-state index in [4.69, 9.17) is 9.84 Å². The van der Waals surface area contributed by atoms with Crippen LogP contribution < -0.4 is 0 Å². The first-order chi connectivity index (χ1) is 3.39. The van der Waals surface area contributed by atoms with Gasteiger partial charge in [-0.3, -0.25) is 0 Å². The van der Waals surface area contributed by atoms with Gasteiger partial charge in [-0.15, -0.1) is 0 Å². The van der Waals surface area contributed by atoms with Gasteiger partial charge >= 0.3 is 0 Å². The summed E-state index contributed by atoms with van der Waals surface area (Å²) < 4.78 is 4.90. The third kappa shape index (κ3) is 1.20. The van der Waals surface area contributed by atoms with Gasteiger partial charge in [0.25, 0.3) is 0 Å². The average Bonchev–Trinajstić information content (AvgIpc) is 1.69. The normalized spacial score (nSPS) is 21.4. The van der Waals surface area contributed by atoms with Gasteiger partial charge < -0.3 is 9.84 Å². The van der Waals surface area contributed by atoms with Crippen molar-refractivity contribution in [1.29, 1.82) is 0 Å². The van der Waals surface area contributed by atoms with Gasteiger partial charge in [0.2, 0.25) is 0 Å². The molecule has 0 radical (unpaired) electrons. The fraction of sp³-hybridized carbons (Fsp3) is 0.600. The topological polar surface area (TPSA) is 29.5 Å². The summed E-state index contributed by atoms with van der Waals surface area (Å²) in [5.41, 5.74) is 0. The highest BCUT2D eigenvalue weighted by molar-refractivity contribution is 4.93. The Bertz CT molecular complexity index is 86.1. The van der Waals surface area contributed by atoms with E-state index in [9.17, 15) is 0 Å². The highest BCUT2D eigenvalue weighted by atomic mass is 16.5. The van der Waals surface area contributed by atoms with Gasteiger partial charge in [0, 0.05) is 6.42 Å². The molecule has 0 saturated carbocycles. The van der Waals surface area contributed by atoms with Crippen LogP contribution in [0.2, 0.25) is 0 Å². The van der Waals surface area contributed by atoms with E-state index in [1.807, 2.05) is 0 Å². The molecule has 1 rings (SSSR count). The molecule has 0 atom stereocenters. The number of ether oxygens (including phenoxy) is 1. The van der Waals surface area contributed by atoms with E-state index in [2.05, 4.69) is 0 Å². The molecule has 0 aliphatic carbocycles. The van der Waals surface area contributed by atoms with Crippen LogP contribution >= 0.6 is 0 Å². The minimum absolute atomic E-state index is 0.464. The van der Waals surface area contributed by atoms with Gasteiger partial charge in [-0.2, -0.15) is 0 Å². The second-order valence-corrected chi connectivity index (χ2v) is 1.52. The summed E-state index contributed by atoms with van der Waals surface area (Å²) in [6.45, 7) is 1.24. The van der Waals surface area contributed by atoms with Crippen LogP contribution in [0.1, 0.15) is 6.42 Å². The largest absolute Gasteiger partial charge is 0.512 e. The molecule has 0 bridgehead atoms. The van der Waals surface area contributed by atoms with Crippen LogP contribution in [0.4, 0.5) is 0 Å². The van der Waals surface area contributed by atoms with Crippen molar-refractivity contribution in [1.82, 2.24) is 0 Å². The Morgan fingerprint density at radius 2 is 2.57 bits per heavy atom. The van der Waals surface area contributed by atoms with E-state index in [0.717, 1.165) is 0 Å². The van der Waals surface area contributed by atoms with Crippen LogP contribution in [0, 0.1) is 0 Å². The van der Waals surface area contributed by atoms with Crippen molar-refractivity contribution in [3.63, 3.8) is 0 Å². The SMILES string of the molecule is OC1=CCOCC1. The third-order valence-electron chi connectivity index (χ3n) is 0.939. The van der Waals surface area contributed by atoms with Gasteiger partial charge in [0.15, 0.2) is 0 Å². The maximum atomic E-state index is 8.69. The number of hydrogen-bond acceptors (Lipinski definition) is 2. The fourth-order valence-electron chi connectivity index (χ4n) is 0.517. The lowest BCUT2D eigenvalue weighted by atomic mass is 10.3. The lowest BCUT2D eigenvalue weighted by Crippen LogP contribution is -2.02. The van der Waals surface area contributed by atoms with Crippen LogP contribution in [0.25, 0.3) is 0 Å². The van der Waals surface area contributed by atoms with Gasteiger partial charge in [-0.05, 0) is 6.08 Å². The number of aliphatic hydroxyl groups excluding tert-OH is 1. The van der Waals surface area contributed by atoms with Crippen molar-refractivity contribution in [2.45, 2.75) is 6.42 Å². The number of aliphatic hydroxyl groups is 1. The smallest absolute Gasteiger partial charge is 0.0928 e. The predicted molar refractivity (Wildman–Crippen MR) is 26.1 cm³/mol. The summed E-state index contributed by atoms with van der Waals surface area (Å²) in [7, 11) is 0. The molecule has 0 aromatic rings. The van der Waals surface area contributed by atoms with Crippen molar-refractivity contribution < 1.29 is 9.84 Å². The van der Waals surface area contributed by atoms with Crippen molar-refractivity contribution in [3.05, 3.63) is 11.8 Å². The van der Waals surface area contributed by atoms with Crippen molar-refractivity contribution >= 4 is 0 Å². The van der Waals surface area contributed by atoms with Crippen LogP contribution in [-0.4, -0.2) is 18.3 Å². The highest BCUT2D eigenvalue weighted by Crippen LogP contribution is 2.01. The predicted octanol–water partition coefficient (Wildman–Crippen LogP) is 0.849. The van der Waals surface area contributed by atoms with E-state index in [0.29, 0.717) is 25.4 Å². The maximum absolute atomic E-state index is 8.69. The Kier molecular flexibility index (Phi) is 1.32. The highest BCUT2D eigenvalue weighted by Gasteiger charge is 1.97. The quantitative estimate of drug-likeness (QED) is 0.489. The molecule has 1 heterocycles. The number of rotatable bonds is 0. The minimum atomic E-state index is 0.464. The second kappa shape index (κ2) is 1.98. The minimum Gasteiger partial charge on any atom is -0.512 e. The van der Waals surface area contributed by atoms with Crippen molar-refractivity contribution in [2.24, 2.45) is 0 Å². The molecule has 7 heavy (non-hydrogen) atoms. The summed E-state index contributed by atoms with van der Waals surface area (Å²) in [6.07, 6.45) is 2.36. The Morgan fingerprint density at radius 1 is 1.71 bits per heavy atom. The molecule has 1 aliphatic rings. The average molecular weight is 100 g/mol.